The van der Waals surface area contributed by atoms with Crippen molar-refractivity contribution >= 4 is 39.9 Å². The van der Waals surface area contributed by atoms with E-state index in [2.05, 4.69) is 0 Å². The minimum atomic E-state index is -6.68. The molecule has 2 aromatic rings. The first-order valence-corrected chi connectivity index (χ1v) is 10.8. The normalized spacial score (nSPS) is 12.8. The van der Waals surface area contributed by atoms with Crippen LogP contribution in [-0.4, -0.2) is 31.9 Å². The van der Waals surface area contributed by atoms with Crippen LogP contribution in [0.25, 0.3) is 0 Å². The van der Waals surface area contributed by atoms with Crippen LogP contribution in [-0.2, 0) is 11.8 Å². The highest BCUT2D eigenvalue weighted by molar-refractivity contribution is 14.1. The zero-order chi connectivity index (χ0) is 28.6. The summed E-state index contributed by atoms with van der Waals surface area (Å²) in [6.45, 7) is 0.0134. The summed E-state index contributed by atoms with van der Waals surface area (Å²) in [6, 6.07) is 4.16. The number of amides is 1. The average Bonchev–Trinajstić information content (AvgIpc) is 2.75. The smallest absolute Gasteiger partial charge is 0.371 e. The number of anilines is 2. The second kappa shape index (κ2) is 10.5. The molecule has 16 heteroatoms. The largest absolute Gasteiger partial charge is 0.435 e. The van der Waals surface area contributed by atoms with Crippen LogP contribution in [0.15, 0.2) is 30.3 Å². The fourth-order valence-electron chi connectivity index (χ4n) is 3.15. The van der Waals surface area contributed by atoms with Crippen molar-refractivity contribution in [3.8, 4) is 6.07 Å². The molecule has 0 saturated heterocycles. The van der Waals surface area contributed by atoms with Crippen molar-refractivity contribution in [2.75, 3.05) is 23.8 Å². The molecule has 0 heterocycles. The third kappa shape index (κ3) is 6.02. The van der Waals surface area contributed by atoms with E-state index in [1.165, 1.54) is 18.0 Å². The molecule has 0 aliphatic carbocycles. The molecule has 2 rings (SSSR count). The maximum Gasteiger partial charge on any atom is 0.435 e. The Hall–Kier alpha value is -2.84. The van der Waals surface area contributed by atoms with Gasteiger partial charge in [0.2, 0.25) is 0 Å². The molecular weight excluding hydrogens is 646 g/mol. The number of nitriles is 1. The van der Waals surface area contributed by atoms with E-state index in [0.717, 1.165) is 34.7 Å². The Labute approximate surface area is 215 Å². The molecule has 1 N–H and O–H groups in total. The average molecular weight is 659 g/mol. The van der Waals surface area contributed by atoms with Gasteiger partial charge >= 0.3 is 24.2 Å². The first-order chi connectivity index (χ1) is 16.8. The molecule has 202 valence electrons. The molecule has 0 aromatic heterocycles. The van der Waals surface area contributed by atoms with Crippen LogP contribution >= 0.6 is 22.6 Å². The standard InChI is InChI=1S/C21H13F11IN3O/c1-36(7-3-6-34)14-5-2-4-11(15(14)22)17(37)35-16-12(19(24,25)26)8-10(9-13(16)33)18(23,20(27,28)29)21(30,31)32/h2,4-5,8-9H,3,7H2,1H3,(H,35,37). The Balaban J connectivity index is 2.64. The maximum absolute atomic E-state index is 14.9. The Kier molecular flexibility index (Phi) is 8.62. The van der Waals surface area contributed by atoms with E-state index >= 15 is 0 Å². The summed E-state index contributed by atoms with van der Waals surface area (Å²) in [5.74, 6) is -2.75. The van der Waals surface area contributed by atoms with Crippen molar-refractivity contribution in [1.82, 2.24) is 0 Å². The van der Waals surface area contributed by atoms with Gasteiger partial charge in [-0.3, -0.25) is 4.79 Å². The van der Waals surface area contributed by atoms with E-state index in [1.807, 2.05) is 0 Å². The van der Waals surface area contributed by atoms with E-state index in [0.29, 0.717) is 0 Å². The molecule has 0 aliphatic rings. The summed E-state index contributed by atoms with van der Waals surface area (Å²) in [7, 11) is 1.35. The first kappa shape index (κ1) is 30.4. The number of benzene rings is 2. The quantitative estimate of drug-likeness (QED) is 0.261. The number of rotatable bonds is 6. The van der Waals surface area contributed by atoms with E-state index in [9.17, 15) is 53.1 Å². The van der Waals surface area contributed by atoms with Crippen LogP contribution < -0.4 is 10.2 Å². The molecule has 0 spiro atoms. The van der Waals surface area contributed by atoms with Gasteiger partial charge in [-0.1, -0.05) is 6.07 Å². The van der Waals surface area contributed by atoms with Crippen LogP contribution in [0.2, 0.25) is 0 Å². The summed E-state index contributed by atoms with van der Waals surface area (Å²) in [6.07, 6.45) is -19.1. The summed E-state index contributed by atoms with van der Waals surface area (Å²) in [5, 5.41) is 10.3. The van der Waals surface area contributed by atoms with Gasteiger partial charge in [0, 0.05) is 22.7 Å². The molecule has 2 aromatic carbocycles. The van der Waals surface area contributed by atoms with Crippen LogP contribution in [0.1, 0.15) is 27.9 Å². The Morgan fingerprint density at radius 1 is 1.03 bits per heavy atom. The number of alkyl halides is 10. The Morgan fingerprint density at radius 2 is 1.59 bits per heavy atom. The summed E-state index contributed by atoms with van der Waals surface area (Å²) in [4.78, 5) is 13.9. The number of nitrogens with zero attached hydrogens (tertiary/aromatic N) is 2. The highest BCUT2D eigenvalue weighted by Crippen LogP contribution is 2.54. The highest BCUT2D eigenvalue weighted by atomic mass is 127. The van der Waals surface area contributed by atoms with E-state index in [1.54, 1.807) is 11.4 Å². The second-order valence-corrected chi connectivity index (χ2v) is 8.62. The second-order valence-electron chi connectivity index (χ2n) is 7.45. The zero-order valence-corrected chi connectivity index (χ0v) is 20.3. The minimum Gasteiger partial charge on any atom is -0.371 e. The number of halogens is 12. The van der Waals surface area contributed by atoms with Gasteiger partial charge in [0.15, 0.2) is 5.82 Å². The molecule has 0 atom stereocenters. The van der Waals surface area contributed by atoms with Crippen LogP contribution in [0, 0.1) is 20.7 Å². The van der Waals surface area contributed by atoms with Gasteiger partial charge in [-0.2, -0.15) is 44.8 Å². The lowest BCUT2D eigenvalue weighted by molar-refractivity contribution is -0.348. The van der Waals surface area contributed by atoms with Crippen molar-refractivity contribution < 1.29 is 53.1 Å². The van der Waals surface area contributed by atoms with Crippen molar-refractivity contribution in [2.24, 2.45) is 0 Å². The first-order valence-electron chi connectivity index (χ1n) is 9.68. The lowest BCUT2D eigenvalue weighted by Crippen LogP contribution is -2.50. The summed E-state index contributed by atoms with van der Waals surface area (Å²) >= 11 is 0.893. The number of hydrogen-bond acceptors (Lipinski definition) is 3. The topological polar surface area (TPSA) is 56.1 Å². The van der Waals surface area contributed by atoms with Crippen molar-refractivity contribution in [3.05, 3.63) is 56.4 Å². The monoisotopic (exact) mass is 659 g/mol. The van der Waals surface area contributed by atoms with Gasteiger partial charge < -0.3 is 10.2 Å². The van der Waals surface area contributed by atoms with Crippen molar-refractivity contribution in [2.45, 2.75) is 30.6 Å². The minimum absolute atomic E-state index is 0.0134. The molecule has 0 radical (unpaired) electrons. The van der Waals surface area contributed by atoms with Gasteiger partial charge in [-0.25, -0.2) is 8.78 Å². The number of carbonyl (C=O) groups excluding carboxylic acids is 1. The molecule has 0 bridgehead atoms. The lowest BCUT2D eigenvalue weighted by atomic mass is 9.92. The van der Waals surface area contributed by atoms with E-state index in [-0.39, 0.29) is 24.7 Å². The van der Waals surface area contributed by atoms with E-state index < -0.39 is 67.9 Å². The number of nitrogens with one attached hydrogen (secondary N) is 1. The highest BCUT2D eigenvalue weighted by Gasteiger charge is 2.73. The zero-order valence-electron chi connectivity index (χ0n) is 18.1. The van der Waals surface area contributed by atoms with Gasteiger partial charge in [0.05, 0.1) is 35.0 Å². The van der Waals surface area contributed by atoms with Crippen LogP contribution in [0.4, 0.5) is 59.7 Å². The SMILES string of the molecule is CN(CCC#N)c1cccc(C(=O)Nc2c(I)cc(C(F)(C(F)(F)F)C(F)(F)F)cc2C(F)(F)F)c1F. The van der Waals surface area contributed by atoms with Gasteiger partial charge in [0.25, 0.3) is 5.91 Å². The van der Waals surface area contributed by atoms with Gasteiger partial charge in [0.1, 0.15) is 0 Å². The Morgan fingerprint density at radius 3 is 2.08 bits per heavy atom. The molecule has 0 aliphatic heterocycles. The molecule has 37 heavy (non-hydrogen) atoms. The maximum atomic E-state index is 14.9. The summed E-state index contributed by atoms with van der Waals surface area (Å²) in [5.41, 5.74) is -13.1. The predicted octanol–water partition coefficient (Wildman–Crippen LogP) is 7.34. The lowest BCUT2D eigenvalue weighted by Gasteiger charge is -2.31. The van der Waals surface area contributed by atoms with Gasteiger partial charge in [-0.05, 0) is 46.9 Å². The van der Waals surface area contributed by atoms with E-state index in [4.69, 9.17) is 5.26 Å². The van der Waals surface area contributed by atoms with Gasteiger partial charge in [-0.15, -0.1) is 0 Å². The molecule has 0 fully saturated rings. The fourth-order valence-corrected chi connectivity index (χ4v) is 3.91. The predicted molar refractivity (Wildman–Crippen MR) is 117 cm³/mol. The van der Waals surface area contributed by atoms with Crippen molar-refractivity contribution in [1.29, 1.82) is 5.26 Å². The number of carbonyl (C=O) groups is 1. The molecular formula is C21H13F11IN3O. The molecule has 4 nitrogen and oxygen atoms in total. The fraction of sp³-hybridized carbons (Fsp3) is 0.333. The number of hydrogen-bond donors (Lipinski definition) is 1. The third-order valence-corrected chi connectivity index (χ3v) is 5.86. The molecule has 0 unspecified atom stereocenters. The van der Waals surface area contributed by atoms with Crippen LogP contribution in [0.5, 0.6) is 0 Å². The van der Waals surface area contributed by atoms with Crippen LogP contribution in [0.3, 0.4) is 0 Å². The third-order valence-electron chi connectivity index (χ3n) is 5.01. The Bertz CT molecular complexity index is 1200. The molecule has 0 saturated carbocycles. The molecule has 1 amide bonds. The van der Waals surface area contributed by atoms with Crippen molar-refractivity contribution in [3.63, 3.8) is 0 Å². The summed E-state index contributed by atoms with van der Waals surface area (Å²) < 4.78 is 148.